The third-order valence-corrected chi connectivity index (χ3v) is 2.14. The van der Waals surface area contributed by atoms with Crippen LogP contribution < -0.4 is 0 Å². The molecular formula is C11H23NO3. The van der Waals surface area contributed by atoms with Gasteiger partial charge in [-0.05, 0) is 26.9 Å². The Kier molecular flexibility index (Phi) is 6.52. The standard InChI is InChI=1S/C11H23NO3/c1-5-12(6-2)7-8-15-10(13)9-11(3,4)14/h14H,5-9H2,1-4H3. The average molecular weight is 217 g/mol. The number of rotatable bonds is 7. The van der Waals surface area contributed by atoms with Gasteiger partial charge in [0.25, 0.3) is 0 Å². The first-order valence-electron chi connectivity index (χ1n) is 5.49. The molecule has 0 unspecified atom stereocenters. The maximum absolute atomic E-state index is 11.2. The largest absolute Gasteiger partial charge is 0.464 e. The van der Waals surface area contributed by atoms with E-state index in [1.54, 1.807) is 13.8 Å². The molecule has 0 aromatic rings. The highest BCUT2D eigenvalue weighted by Crippen LogP contribution is 2.07. The average Bonchev–Trinajstić information content (AvgIpc) is 2.09. The zero-order chi connectivity index (χ0) is 11.9. The molecule has 0 aromatic heterocycles. The molecule has 0 amide bonds. The van der Waals surface area contributed by atoms with E-state index >= 15 is 0 Å². The minimum absolute atomic E-state index is 0.0469. The van der Waals surface area contributed by atoms with E-state index in [4.69, 9.17) is 4.74 Å². The van der Waals surface area contributed by atoms with Gasteiger partial charge in [-0.2, -0.15) is 0 Å². The fourth-order valence-corrected chi connectivity index (χ4v) is 1.23. The van der Waals surface area contributed by atoms with Gasteiger partial charge < -0.3 is 14.7 Å². The molecule has 4 nitrogen and oxygen atoms in total. The molecule has 1 N–H and O–H groups in total. The van der Waals surface area contributed by atoms with E-state index in [2.05, 4.69) is 18.7 Å². The van der Waals surface area contributed by atoms with Crippen molar-refractivity contribution in [1.82, 2.24) is 4.90 Å². The van der Waals surface area contributed by atoms with Crippen molar-refractivity contribution in [2.45, 2.75) is 39.7 Å². The quantitative estimate of drug-likeness (QED) is 0.647. The second kappa shape index (κ2) is 6.80. The maximum Gasteiger partial charge on any atom is 0.308 e. The maximum atomic E-state index is 11.2. The van der Waals surface area contributed by atoms with E-state index < -0.39 is 5.60 Å². The van der Waals surface area contributed by atoms with Gasteiger partial charge >= 0.3 is 5.97 Å². The third-order valence-electron chi connectivity index (χ3n) is 2.14. The number of nitrogens with zero attached hydrogens (tertiary/aromatic N) is 1. The second-order valence-electron chi connectivity index (χ2n) is 4.24. The van der Waals surface area contributed by atoms with Crippen molar-refractivity contribution >= 4 is 5.97 Å². The molecule has 0 atom stereocenters. The zero-order valence-electron chi connectivity index (χ0n) is 10.2. The second-order valence-corrected chi connectivity index (χ2v) is 4.24. The molecule has 0 aliphatic carbocycles. The fraction of sp³-hybridized carbons (Fsp3) is 0.909. The number of aliphatic hydroxyl groups is 1. The van der Waals surface area contributed by atoms with E-state index in [1.807, 2.05) is 0 Å². The highest BCUT2D eigenvalue weighted by Gasteiger charge is 2.18. The molecule has 4 heteroatoms. The predicted molar refractivity (Wildman–Crippen MR) is 59.7 cm³/mol. The van der Waals surface area contributed by atoms with Gasteiger partial charge in [0.05, 0.1) is 12.0 Å². The lowest BCUT2D eigenvalue weighted by Gasteiger charge is -2.19. The molecule has 0 bridgehead atoms. The molecular weight excluding hydrogens is 194 g/mol. The predicted octanol–water partition coefficient (Wildman–Crippen LogP) is 1.03. The molecule has 0 saturated heterocycles. The Morgan fingerprint density at radius 1 is 1.33 bits per heavy atom. The van der Waals surface area contributed by atoms with Crippen LogP contribution >= 0.6 is 0 Å². The minimum atomic E-state index is -0.980. The van der Waals surface area contributed by atoms with Crippen molar-refractivity contribution in [2.75, 3.05) is 26.2 Å². The van der Waals surface area contributed by atoms with Crippen LogP contribution in [0.4, 0.5) is 0 Å². The van der Waals surface area contributed by atoms with Crippen LogP contribution in [-0.4, -0.2) is 47.8 Å². The lowest BCUT2D eigenvalue weighted by molar-refractivity contribution is -0.148. The van der Waals surface area contributed by atoms with Crippen LogP contribution in [0, 0.1) is 0 Å². The number of esters is 1. The first-order chi connectivity index (χ1) is 6.89. The van der Waals surface area contributed by atoms with Crippen molar-refractivity contribution in [1.29, 1.82) is 0 Å². The summed E-state index contributed by atoms with van der Waals surface area (Å²) in [6, 6.07) is 0. The van der Waals surface area contributed by atoms with Gasteiger partial charge in [-0.3, -0.25) is 4.79 Å². The van der Waals surface area contributed by atoms with Gasteiger partial charge in [0, 0.05) is 6.54 Å². The van der Waals surface area contributed by atoms with Gasteiger partial charge in [0.15, 0.2) is 0 Å². The van der Waals surface area contributed by atoms with Crippen molar-refractivity contribution in [3.05, 3.63) is 0 Å². The summed E-state index contributed by atoms with van der Waals surface area (Å²) in [6.45, 7) is 10.4. The van der Waals surface area contributed by atoms with E-state index in [-0.39, 0.29) is 12.4 Å². The zero-order valence-corrected chi connectivity index (χ0v) is 10.2. The van der Waals surface area contributed by atoms with Crippen LogP contribution in [0.2, 0.25) is 0 Å². The molecule has 0 aliphatic heterocycles. The number of likely N-dealkylation sites (N-methyl/N-ethyl adjacent to an activating group) is 1. The summed E-state index contributed by atoms with van der Waals surface area (Å²) in [5.74, 6) is -0.338. The normalized spacial score (nSPS) is 11.9. The summed E-state index contributed by atoms with van der Waals surface area (Å²) in [5.41, 5.74) is -0.980. The van der Waals surface area contributed by atoms with E-state index in [1.165, 1.54) is 0 Å². The molecule has 0 heterocycles. The molecule has 0 fully saturated rings. The van der Waals surface area contributed by atoms with Crippen LogP contribution in [0.5, 0.6) is 0 Å². The summed E-state index contributed by atoms with van der Waals surface area (Å²) in [5, 5.41) is 9.38. The first-order valence-corrected chi connectivity index (χ1v) is 5.49. The highest BCUT2D eigenvalue weighted by atomic mass is 16.5. The Morgan fingerprint density at radius 3 is 2.27 bits per heavy atom. The first kappa shape index (κ1) is 14.4. The van der Waals surface area contributed by atoms with Gasteiger partial charge in [0.1, 0.15) is 6.61 Å². The number of carbonyl (C=O) groups is 1. The minimum Gasteiger partial charge on any atom is -0.464 e. The molecule has 90 valence electrons. The van der Waals surface area contributed by atoms with Crippen LogP contribution in [-0.2, 0) is 9.53 Å². The van der Waals surface area contributed by atoms with Gasteiger partial charge in [-0.1, -0.05) is 13.8 Å². The molecule has 0 radical (unpaired) electrons. The van der Waals surface area contributed by atoms with Crippen molar-refractivity contribution in [3.8, 4) is 0 Å². The van der Waals surface area contributed by atoms with E-state index in [9.17, 15) is 9.90 Å². The number of carbonyl (C=O) groups excluding carboxylic acids is 1. The third kappa shape index (κ3) is 8.39. The number of hydrogen-bond donors (Lipinski definition) is 1. The Labute approximate surface area is 92.2 Å². The number of ether oxygens (including phenoxy) is 1. The van der Waals surface area contributed by atoms with Crippen molar-refractivity contribution < 1.29 is 14.6 Å². The van der Waals surface area contributed by atoms with Crippen LogP contribution in [0.15, 0.2) is 0 Å². The summed E-state index contributed by atoms with van der Waals surface area (Å²) in [6.07, 6.45) is 0.0469. The van der Waals surface area contributed by atoms with E-state index in [0.717, 1.165) is 19.6 Å². The monoisotopic (exact) mass is 217 g/mol. The SMILES string of the molecule is CCN(CC)CCOC(=O)CC(C)(C)O. The van der Waals surface area contributed by atoms with Gasteiger partial charge in [-0.25, -0.2) is 0 Å². The van der Waals surface area contributed by atoms with E-state index in [0.29, 0.717) is 6.61 Å². The Morgan fingerprint density at radius 2 is 1.87 bits per heavy atom. The topological polar surface area (TPSA) is 49.8 Å². The molecule has 15 heavy (non-hydrogen) atoms. The summed E-state index contributed by atoms with van der Waals surface area (Å²) in [7, 11) is 0. The summed E-state index contributed by atoms with van der Waals surface area (Å²) in [4.78, 5) is 13.4. The van der Waals surface area contributed by atoms with Gasteiger partial charge in [0.2, 0.25) is 0 Å². The van der Waals surface area contributed by atoms with Crippen molar-refractivity contribution in [2.24, 2.45) is 0 Å². The smallest absolute Gasteiger partial charge is 0.308 e. The molecule has 0 rings (SSSR count). The molecule has 0 aliphatic rings. The Hall–Kier alpha value is -0.610. The molecule has 0 spiro atoms. The van der Waals surface area contributed by atoms with Crippen LogP contribution in [0.25, 0.3) is 0 Å². The van der Waals surface area contributed by atoms with Gasteiger partial charge in [-0.15, -0.1) is 0 Å². The molecule has 0 aromatic carbocycles. The van der Waals surface area contributed by atoms with Crippen LogP contribution in [0.1, 0.15) is 34.1 Å². The van der Waals surface area contributed by atoms with Crippen LogP contribution in [0.3, 0.4) is 0 Å². The highest BCUT2D eigenvalue weighted by molar-refractivity contribution is 5.70. The lowest BCUT2D eigenvalue weighted by Crippen LogP contribution is -2.30. The Balaban J connectivity index is 3.64. The Bertz CT molecular complexity index is 183. The fourth-order valence-electron chi connectivity index (χ4n) is 1.23. The van der Waals surface area contributed by atoms with Crippen molar-refractivity contribution in [3.63, 3.8) is 0 Å². The summed E-state index contributed by atoms with van der Waals surface area (Å²) >= 11 is 0. The summed E-state index contributed by atoms with van der Waals surface area (Å²) < 4.78 is 5.01. The number of hydrogen-bond acceptors (Lipinski definition) is 4. The lowest BCUT2D eigenvalue weighted by atomic mass is 10.1. The molecule has 0 saturated carbocycles.